The van der Waals surface area contributed by atoms with E-state index in [1.165, 1.54) is 0 Å². The molecular formula is C13H17BrN4. The first-order valence-corrected chi connectivity index (χ1v) is 6.76. The summed E-state index contributed by atoms with van der Waals surface area (Å²) < 4.78 is 2.96. The van der Waals surface area contributed by atoms with Crippen molar-refractivity contribution in [2.45, 2.75) is 32.4 Å². The zero-order valence-electron chi connectivity index (χ0n) is 10.5. The highest BCUT2D eigenvalue weighted by molar-refractivity contribution is 9.10. The van der Waals surface area contributed by atoms with Gasteiger partial charge in [-0.2, -0.15) is 5.10 Å². The Bertz CT molecular complexity index is 521. The summed E-state index contributed by atoms with van der Waals surface area (Å²) in [6, 6.07) is 8.30. The van der Waals surface area contributed by atoms with Gasteiger partial charge in [0.2, 0.25) is 0 Å². The summed E-state index contributed by atoms with van der Waals surface area (Å²) in [4.78, 5) is 4.29. The Kier molecular flexibility index (Phi) is 4.14. The summed E-state index contributed by atoms with van der Waals surface area (Å²) in [6.07, 6.45) is 2.28. The number of aromatic nitrogens is 3. The van der Waals surface area contributed by atoms with Crippen LogP contribution in [0.3, 0.4) is 0 Å². The van der Waals surface area contributed by atoms with Gasteiger partial charge in [-0.25, -0.2) is 9.67 Å². The van der Waals surface area contributed by atoms with Crippen molar-refractivity contribution in [3.05, 3.63) is 46.5 Å². The van der Waals surface area contributed by atoms with E-state index in [0.717, 1.165) is 15.9 Å². The van der Waals surface area contributed by atoms with Crippen molar-refractivity contribution in [2.24, 2.45) is 5.73 Å². The topological polar surface area (TPSA) is 56.7 Å². The van der Waals surface area contributed by atoms with Crippen molar-refractivity contribution in [3.63, 3.8) is 0 Å². The molecule has 96 valence electrons. The van der Waals surface area contributed by atoms with Crippen LogP contribution in [0.5, 0.6) is 0 Å². The molecule has 0 saturated heterocycles. The first-order chi connectivity index (χ1) is 8.58. The Labute approximate surface area is 115 Å². The van der Waals surface area contributed by atoms with E-state index in [9.17, 15) is 0 Å². The highest BCUT2D eigenvalue weighted by Gasteiger charge is 2.13. The van der Waals surface area contributed by atoms with Gasteiger partial charge in [-0.15, -0.1) is 0 Å². The van der Waals surface area contributed by atoms with Crippen LogP contribution in [0.15, 0.2) is 35.1 Å². The molecule has 0 bridgehead atoms. The maximum atomic E-state index is 6.22. The third kappa shape index (κ3) is 2.97. The van der Waals surface area contributed by atoms with Crippen molar-refractivity contribution < 1.29 is 0 Å². The van der Waals surface area contributed by atoms with Gasteiger partial charge in [0.15, 0.2) is 0 Å². The van der Waals surface area contributed by atoms with Crippen LogP contribution in [0.2, 0.25) is 0 Å². The third-order valence-corrected chi connectivity index (χ3v) is 3.31. The average molecular weight is 309 g/mol. The van der Waals surface area contributed by atoms with E-state index >= 15 is 0 Å². The fraction of sp³-hybridized carbons (Fsp3) is 0.385. The Morgan fingerprint density at radius 1 is 1.39 bits per heavy atom. The van der Waals surface area contributed by atoms with Gasteiger partial charge >= 0.3 is 0 Å². The molecule has 1 heterocycles. The normalized spacial score (nSPS) is 12.9. The third-order valence-electron chi connectivity index (χ3n) is 2.82. The second kappa shape index (κ2) is 5.63. The van der Waals surface area contributed by atoms with Crippen molar-refractivity contribution in [3.8, 4) is 0 Å². The molecule has 2 aromatic rings. The van der Waals surface area contributed by atoms with Gasteiger partial charge in [-0.1, -0.05) is 28.1 Å². The fourth-order valence-electron chi connectivity index (χ4n) is 1.90. The van der Waals surface area contributed by atoms with E-state index in [-0.39, 0.29) is 6.04 Å². The molecule has 0 saturated carbocycles. The van der Waals surface area contributed by atoms with Gasteiger partial charge in [0.1, 0.15) is 12.2 Å². The van der Waals surface area contributed by atoms with E-state index in [0.29, 0.717) is 12.5 Å². The van der Waals surface area contributed by atoms with E-state index in [4.69, 9.17) is 5.73 Å². The fourth-order valence-corrected chi connectivity index (χ4v) is 2.32. The predicted molar refractivity (Wildman–Crippen MR) is 75.2 cm³/mol. The van der Waals surface area contributed by atoms with Gasteiger partial charge in [0, 0.05) is 23.0 Å². The SMILES string of the molecule is CC(C)n1ncnc1CC(N)c1cccc(Br)c1. The van der Waals surface area contributed by atoms with Crippen LogP contribution in [0.4, 0.5) is 0 Å². The molecule has 5 heteroatoms. The second-order valence-electron chi connectivity index (χ2n) is 4.58. The number of nitrogens with zero attached hydrogens (tertiary/aromatic N) is 3. The van der Waals surface area contributed by atoms with Crippen LogP contribution in [0.25, 0.3) is 0 Å². The van der Waals surface area contributed by atoms with E-state index in [2.05, 4.69) is 39.9 Å². The minimum atomic E-state index is -0.0656. The summed E-state index contributed by atoms with van der Waals surface area (Å²) in [5.41, 5.74) is 7.32. The lowest BCUT2D eigenvalue weighted by atomic mass is 10.0. The minimum Gasteiger partial charge on any atom is -0.324 e. The first-order valence-electron chi connectivity index (χ1n) is 5.97. The Hall–Kier alpha value is -1.20. The van der Waals surface area contributed by atoms with Crippen molar-refractivity contribution in [1.29, 1.82) is 0 Å². The zero-order chi connectivity index (χ0) is 13.1. The zero-order valence-corrected chi connectivity index (χ0v) is 12.1. The molecule has 0 aliphatic rings. The second-order valence-corrected chi connectivity index (χ2v) is 5.50. The molecule has 0 amide bonds. The van der Waals surface area contributed by atoms with Crippen molar-refractivity contribution >= 4 is 15.9 Å². The molecular weight excluding hydrogens is 292 g/mol. The van der Waals surface area contributed by atoms with Crippen LogP contribution in [0.1, 0.15) is 37.3 Å². The van der Waals surface area contributed by atoms with Gasteiger partial charge in [-0.05, 0) is 31.5 Å². The van der Waals surface area contributed by atoms with E-state index < -0.39 is 0 Å². The van der Waals surface area contributed by atoms with Crippen LogP contribution in [-0.2, 0) is 6.42 Å². The molecule has 1 aromatic carbocycles. The van der Waals surface area contributed by atoms with Gasteiger partial charge in [0.25, 0.3) is 0 Å². The molecule has 0 aliphatic heterocycles. The van der Waals surface area contributed by atoms with Crippen LogP contribution in [-0.4, -0.2) is 14.8 Å². The number of hydrogen-bond acceptors (Lipinski definition) is 3. The Balaban J connectivity index is 2.16. The average Bonchev–Trinajstić information content (AvgIpc) is 2.77. The molecule has 2 rings (SSSR count). The molecule has 18 heavy (non-hydrogen) atoms. The number of benzene rings is 1. The van der Waals surface area contributed by atoms with Gasteiger partial charge in [0.05, 0.1) is 0 Å². The maximum absolute atomic E-state index is 6.22. The molecule has 2 N–H and O–H groups in total. The highest BCUT2D eigenvalue weighted by atomic mass is 79.9. The van der Waals surface area contributed by atoms with Gasteiger partial charge in [-0.3, -0.25) is 0 Å². The van der Waals surface area contributed by atoms with Crippen LogP contribution < -0.4 is 5.73 Å². The summed E-state index contributed by atoms with van der Waals surface area (Å²) in [5, 5.41) is 4.22. The monoisotopic (exact) mass is 308 g/mol. The highest BCUT2D eigenvalue weighted by Crippen LogP contribution is 2.20. The summed E-state index contributed by atoms with van der Waals surface area (Å²) in [5.74, 6) is 0.928. The summed E-state index contributed by atoms with van der Waals surface area (Å²) in [6.45, 7) is 4.17. The number of rotatable bonds is 4. The number of halogens is 1. The molecule has 0 aliphatic carbocycles. The minimum absolute atomic E-state index is 0.0656. The quantitative estimate of drug-likeness (QED) is 0.945. The lowest BCUT2D eigenvalue weighted by Crippen LogP contribution is -2.18. The predicted octanol–water partition coefficient (Wildman–Crippen LogP) is 2.86. The lowest BCUT2D eigenvalue weighted by molar-refractivity contribution is 0.493. The molecule has 1 unspecified atom stereocenters. The van der Waals surface area contributed by atoms with E-state index in [1.807, 2.05) is 28.9 Å². The van der Waals surface area contributed by atoms with Crippen molar-refractivity contribution in [2.75, 3.05) is 0 Å². The van der Waals surface area contributed by atoms with Crippen LogP contribution >= 0.6 is 15.9 Å². The standard InChI is InChI=1S/C13H17BrN4/c1-9(2)18-13(16-8-17-18)7-12(15)10-4-3-5-11(14)6-10/h3-6,8-9,12H,7,15H2,1-2H3. The van der Waals surface area contributed by atoms with Crippen molar-refractivity contribution in [1.82, 2.24) is 14.8 Å². The Morgan fingerprint density at radius 2 is 2.17 bits per heavy atom. The molecule has 0 radical (unpaired) electrons. The van der Waals surface area contributed by atoms with Gasteiger partial charge < -0.3 is 5.73 Å². The molecule has 1 aromatic heterocycles. The maximum Gasteiger partial charge on any atom is 0.138 e. The summed E-state index contributed by atoms with van der Waals surface area (Å²) in [7, 11) is 0. The molecule has 4 nitrogen and oxygen atoms in total. The molecule has 1 atom stereocenters. The largest absolute Gasteiger partial charge is 0.324 e. The first kappa shape index (κ1) is 13.2. The summed E-state index contributed by atoms with van der Waals surface area (Å²) >= 11 is 3.46. The Morgan fingerprint density at radius 3 is 2.83 bits per heavy atom. The number of nitrogens with two attached hydrogens (primary N) is 1. The molecule has 0 fully saturated rings. The van der Waals surface area contributed by atoms with Crippen LogP contribution in [0, 0.1) is 0 Å². The van der Waals surface area contributed by atoms with E-state index in [1.54, 1.807) is 6.33 Å². The lowest BCUT2D eigenvalue weighted by Gasteiger charge is -2.14. The molecule has 0 spiro atoms. The number of hydrogen-bond donors (Lipinski definition) is 1. The smallest absolute Gasteiger partial charge is 0.138 e.